The number of aliphatic hydroxyl groups is 2. The lowest BCUT2D eigenvalue weighted by atomic mass is 9.63. The number of nitrogens with zero attached hydrogens (tertiary/aromatic N) is 2. The van der Waals surface area contributed by atoms with Crippen molar-refractivity contribution >= 4 is 0 Å². The monoisotopic (exact) mass is 453 g/mol. The van der Waals surface area contributed by atoms with Gasteiger partial charge in [-0.3, -0.25) is 4.57 Å². The largest absolute Gasteiger partial charge is 0.472 e. The van der Waals surface area contributed by atoms with Crippen molar-refractivity contribution in [2.24, 2.45) is 5.73 Å². The predicted molar refractivity (Wildman–Crippen MR) is 131 cm³/mol. The van der Waals surface area contributed by atoms with Gasteiger partial charge in [-0.1, -0.05) is 60.7 Å². The van der Waals surface area contributed by atoms with Gasteiger partial charge in [-0.25, -0.2) is 4.98 Å². The topological polar surface area (TPSA) is 93.5 Å². The van der Waals surface area contributed by atoms with E-state index in [1.807, 2.05) is 55.5 Å². The Morgan fingerprint density at radius 3 is 2.41 bits per heavy atom. The first-order chi connectivity index (χ1) is 16.4. The summed E-state index contributed by atoms with van der Waals surface area (Å²) < 4.78 is 8.16. The average Bonchev–Trinajstić information content (AvgIpc) is 3.23. The molecule has 0 bridgehead atoms. The summed E-state index contributed by atoms with van der Waals surface area (Å²) in [6, 6.07) is 24.1. The van der Waals surface area contributed by atoms with Crippen LogP contribution in [-0.2, 0) is 18.9 Å². The molecular formula is C28H27N3O3. The number of hydrogen-bond donors (Lipinski definition) is 3. The summed E-state index contributed by atoms with van der Waals surface area (Å²) in [6.45, 7) is 2.15. The van der Waals surface area contributed by atoms with Gasteiger partial charge in [0.15, 0.2) is 6.73 Å². The number of rotatable bonds is 4. The maximum Gasteiger partial charge on any atom is 0.167 e. The molecule has 0 spiro atoms. The molecule has 3 aromatic carbocycles. The van der Waals surface area contributed by atoms with Crippen LogP contribution >= 0.6 is 0 Å². The highest BCUT2D eigenvalue weighted by atomic mass is 16.5. The van der Waals surface area contributed by atoms with Crippen molar-refractivity contribution in [3.05, 3.63) is 83.9 Å². The van der Waals surface area contributed by atoms with E-state index in [1.54, 1.807) is 0 Å². The average molecular weight is 454 g/mol. The summed E-state index contributed by atoms with van der Waals surface area (Å²) in [5, 5.41) is 19.9. The summed E-state index contributed by atoms with van der Waals surface area (Å²) in [4.78, 5) is 5.09. The second-order valence-electron chi connectivity index (χ2n) is 9.77. The lowest BCUT2D eigenvalue weighted by Crippen LogP contribution is -2.58. The number of ether oxygens (including phenoxy) is 1. The Hall–Kier alpha value is -3.45. The SMILES string of the molecule is C[C@]1(O)C[C@@](N)(c2ccc(-c3nc4n(c3-c3ccccc3)COc3ccc(CO)cc3-4)cc2)C1. The quantitative estimate of drug-likeness (QED) is 0.425. The Labute approximate surface area is 198 Å². The Morgan fingerprint density at radius 1 is 1.00 bits per heavy atom. The first kappa shape index (κ1) is 21.1. The van der Waals surface area contributed by atoms with Crippen molar-refractivity contribution in [2.75, 3.05) is 0 Å². The van der Waals surface area contributed by atoms with Crippen LogP contribution in [0, 0.1) is 0 Å². The zero-order chi connectivity index (χ0) is 23.5. The van der Waals surface area contributed by atoms with Gasteiger partial charge in [0.2, 0.25) is 0 Å². The third-order valence-corrected chi connectivity index (χ3v) is 6.96. The predicted octanol–water partition coefficient (Wildman–Crippen LogP) is 4.43. The molecule has 6 rings (SSSR count). The van der Waals surface area contributed by atoms with E-state index < -0.39 is 11.1 Å². The van der Waals surface area contributed by atoms with E-state index >= 15 is 0 Å². The van der Waals surface area contributed by atoms with Crippen LogP contribution in [0.2, 0.25) is 0 Å². The maximum atomic E-state index is 10.2. The molecule has 1 saturated carbocycles. The van der Waals surface area contributed by atoms with Gasteiger partial charge in [0.25, 0.3) is 0 Å². The van der Waals surface area contributed by atoms with E-state index in [0.717, 1.165) is 50.8 Å². The molecule has 4 aromatic rings. The van der Waals surface area contributed by atoms with Crippen LogP contribution in [0.5, 0.6) is 5.75 Å². The van der Waals surface area contributed by atoms with Crippen LogP contribution in [-0.4, -0.2) is 25.4 Å². The molecule has 2 aliphatic rings. The number of fused-ring (bicyclic) bond motifs is 3. The molecule has 6 heteroatoms. The van der Waals surface area contributed by atoms with Gasteiger partial charge in [0.05, 0.1) is 29.2 Å². The first-order valence-electron chi connectivity index (χ1n) is 11.5. The Morgan fingerprint density at radius 2 is 1.74 bits per heavy atom. The van der Waals surface area contributed by atoms with Gasteiger partial charge in [-0.15, -0.1) is 0 Å². The molecule has 0 saturated heterocycles. The first-order valence-corrected chi connectivity index (χ1v) is 11.5. The van der Waals surface area contributed by atoms with Crippen molar-refractivity contribution in [1.29, 1.82) is 0 Å². The number of aromatic nitrogens is 2. The number of imidazole rings is 1. The summed E-state index contributed by atoms with van der Waals surface area (Å²) in [6.07, 6.45) is 1.10. The summed E-state index contributed by atoms with van der Waals surface area (Å²) >= 11 is 0. The van der Waals surface area contributed by atoms with Crippen LogP contribution in [0.25, 0.3) is 33.9 Å². The fraction of sp³-hybridized carbons (Fsp3) is 0.250. The van der Waals surface area contributed by atoms with E-state index in [4.69, 9.17) is 15.5 Å². The summed E-state index contributed by atoms with van der Waals surface area (Å²) in [5.74, 6) is 1.58. The smallest absolute Gasteiger partial charge is 0.167 e. The van der Waals surface area contributed by atoms with E-state index in [-0.39, 0.29) is 6.61 Å². The standard InChI is InChI=1S/C28H27N3O3/c1-27(33)15-28(29,16-27)21-10-8-19(9-11-21)24-25(20-5-3-2-4-6-20)31-17-34-23-12-7-18(14-32)13-22(23)26(31)30-24/h2-13,32-33H,14-17,29H2,1H3/t27-,28-. The number of hydrogen-bond acceptors (Lipinski definition) is 5. The second kappa shape index (κ2) is 7.53. The minimum absolute atomic E-state index is 0.0401. The molecule has 0 radical (unpaired) electrons. The lowest BCUT2D eigenvalue weighted by molar-refractivity contribution is -0.0738. The van der Waals surface area contributed by atoms with Crippen molar-refractivity contribution in [3.63, 3.8) is 0 Å². The highest BCUT2D eigenvalue weighted by molar-refractivity contribution is 5.83. The van der Waals surface area contributed by atoms with Crippen LogP contribution in [0.3, 0.4) is 0 Å². The molecule has 0 atom stereocenters. The van der Waals surface area contributed by atoms with Crippen LogP contribution in [0.4, 0.5) is 0 Å². The molecule has 1 aliphatic heterocycles. The third-order valence-electron chi connectivity index (χ3n) is 6.96. The second-order valence-corrected chi connectivity index (χ2v) is 9.77. The minimum atomic E-state index is -0.697. The number of nitrogens with two attached hydrogens (primary N) is 1. The number of benzene rings is 3. The van der Waals surface area contributed by atoms with Crippen LogP contribution in [0.1, 0.15) is 30.9 Å². The zero-order valence-electron chi connectivity index (χ0n) is 19.0. The Kier molecular flexibility index (Phi) is 4.68. The van der Waals surface area contributed by atoms with Crippen molar-refractivity contribution in [2.45, 2.75) is 44.2 Å². The van der Waals surface area contributed by atoms with Crippen LogP contribution in [0.15, 0.2) is 72.8 Å². The van der Waals surface area contributed by atoms with Crippen LogP contribution < -0.4 is 10.5 Å². The van der Waals surface area contributed by atoms with E-state index in [0.29, 0.717) is 19.6 Å². The molecule has 1 aliphatic carbocycles. The highest BCUT2D eigenvalue weighted by Gasteiger charge is 2.49. The maximum absolute atomic E-state index is 10.2. The van der Waals surface area contributed by atoms with E-state index in [2.05, 4.69) is 28.8 Å². The highest BCUT2D eigenvalue weighted by Crippen LogP contribution is 2.47. The van der Waals surface area contributed by atoms with Gasteiger partial charge >= 0.3 is 0 Å². The van der Waals surface area contributed by atoms with Gasteiger partial charge in [0.1, 0.15) is 11.6 Å². The van der Waals surface area contributed by atoms with Crippen molar-refractivity contribution < 1.29 is 14.9 Å². The zero-order valence-corrected chi connectivity index (χ0v) is 19.0. The normalized spacial score (nSPS) is 22.9. The van der Waals surface area contributed by atoms with Gasteiger partial charge in [-0.05, 0) is 43.0 Å². The molecule has 4 N–H and O–H groups in total. The van der Waals surface area contributed by atoms with Gasteiger partial charge in [0, 0.05) is 16.7 Å². The molecule has 172 valence electrons. The third kappa shape index (κ3) is 3.34. The van der Waals surface area contributed by atoms with E-state index in [9.17, 15) is 10.2 Å². The fourth-order valence-corrected chi connectivity index (χ4v) is 5.46. The van der Waals surface area contributed by atoms with Crippen molar-refractivity contribution in [3.8, 4) is 39.7 Å². The van der Waals surface area contributed by atoms with Crippen molar-refractivity contribution in [1.82, 2.24) is 9.55 Å². The molecule has 34 heavy (non-hydrogen) atoms. The molecule has 1 aromatic heterocycles. The van der Waals surface area contributed by atoms with Gasteiger partial charge in [-0.2, -0.15) is 0 Å². The lowest BCUT2D eigenvalue weighted by Gasteiger charge is -2.49. The molecule has 0 unspecified atom stereocenters. The molecule has 0 amide bonds. The summed E-state index contributed by atoms with van der Waals surface area (Å²) in [7, 11) is 0. The van der Waals surface area contributed by atoms with E-state index in [1.165, 1.54) is 0 Å². The molecule has 6 nitrogen and oxygen atoms in total. The molecular weight excluding hydrogens is 426 g/mol. The minimum Gasteiger partial charge on any atom is -0.472 e. The van der Waals surface area contributed by atoms with Gasteiger partial charge < -0.3 is 20.7 Å². The molecule has 1 fully saturated rings. The molecule has 2 heterocycles. The Balaban J connectivity index is 1.48. The Bertz CT molecular complexity index is 1370. The number of aliphatic hydroxyl groups excluding tert-OH is 1. The fourth-order valence-electron chi connectivity index (χ4n) is 5.46. The summed E-state index contributed by atoms with van der Waals surface area (Å²) in [5.41, 5.74) is 12.0.